The van der Waals surface area contributed by atoms with Crippen molar-refractivity contribution in [1.82, 2.24) is 10.3 Å². The Morgan fingerprint density at radius 2 is 2.24 bits per heavy atom. The molecule has 0 radical (unpaired) electrons. The molecular formula is C16H17N3OS. The molecule has 1 unspecified atom stereocenters. The zero-order valence-electron chi connectivity index (χ0n) is 11.7. The number of H-pyrrole nitrogens is 1. The molecule has 0 saturated heterocycles. The molecule has 0 bridgehead atoms. The number of thiophene rings is 1. The molecule has 2 aromatic heterocycles. The van der Waals surface area contributed by atoms with Gasteiger partial charge in [-0.3, -0.25) is 4.79 Å². The summed E-state index contributed by atoms with van der Waals surface area (Å²) in [5.41, 5.74) is 7.93. The average molecular weight is 299 g/mol. The molecule has 3 rings (SSSR count). The maximum Gasteiger partial charge on any atom is 0.267 e. The van der Waals surface area contributed by atoms with Gasteiger partial charge in [0, 0.05) is 33.9 Å². The minimum atomic E-state index is -0.0890. The normalized spacial score (nSPS) is 12.4. The SMILES string of the molecule is CC(Cc1cccs1)NC(=O)c1cc2cc(N)ccc2[nH]1. The van der Waals surface area contributed by atoms with Crippen LogP contribution >= 0.6 is 11.3 Å². The molecule has 3 aromatic rings. The summed E-state index contributed by atoms with van der Waals surface area (Å²) in [4.78, 5) is 16.7. The number of anilines is 1. The highest BCUT2D eigenvalue weighted by atomic mass is 32.1. The van der Waals surface area contributed by atoms with Crippen molar-refractivity contribution in [3.05, 3.63) is 52.3 Å². The number of benzene rings is 1. The summed E-state index contributed by atoms with van der Waals surface area (Å²) in [5.74, 6) is -0.0890. The first-order valence-electron chi connectivity index (χ1n) is 6.83. The van der Waals surface area contributed by atoms with Crippen LogP contribution in [-0.2, 0) is 6.42 Å². The average Bonchev–Trinajstić information content (AvgIpc) is 3.06. The quantitative estimate of drug-likeness (QED) is 0.648. The van der Waals surface area contributed by atoms with Crippen molar-refractivity contribution in [2.45, 2.75) is 19.4 Å². The van der Waals surface area contributed by atoms with E-state index >= 15 is 0 Å². The Kier molecular flexibility index (Phi) is 3.66. The van der Waals surface area contributed by atoms with E-state index in [1.54, 1.807) is 11.3 Å². The highest BCUT2D eigenvalue weighted by Gasteiger charge is 2.13. The van der Waals surface area contributed by atoms with Crippen molar-refractivity contribution in [2.24, 2.45) is 0 Å². The Bertz CT molecular complexity index is 761. The van der Waals surface area contributed by atoms with Crippen molar-refractivity contribution >= 4 is 33.8 Å². The predicted octanol–water partition coefficient (Wildman–Crippen LogP) is 3.17. The number of fused-ring (bicyclic) bond motifs is 1. The van der Waals surface area contributed by atoms with Gasteiger partial charge in [-0.2, -0.15) is 0 Å². The van der Waals surface area contributed by atoms with Crippen LogP contribution in [-0.4, -0.2) is 16.9 Å². The molecule has 1 atom stereocenters. The Labute approximate surface area is 127 Å². The number of nitrogens with two attached hydrogens (primary N) is 1. The minimum Gasteiger partial charge on any atom is -0.399 e. The van der Waals surface area contributed by atoms with Gasteiger partial charge in [0.2, 0.25) is 0 Å². The summed E-state index contributed by atoms with van der Waals surface area (Å²) in [6.07, 6.45) is 0.844. The number of carbonyl (C=O) groups excluding carboxylic acids is 1. The van der Waals surface area contributed by atoms with E-state index in [-0.39, 0.29) is 11.9 Å². The second-order valence-electron chi connectivity index (χ2n) is 5.19. The Morgan fingerprint density at radius 3 is 3.00 bits per heavy atom. The first-order chi connectivity index (χ1) is 10.1. The maximum absolute atomic E-state index is 12.3. The fourth-order valence-corrected chi connectivity index (χ4v) is 3.19. The van der Waals surface area contributed by atoms with Crippen LogP contribution in [0.5, 0.6) is 0 Å². The molecule has 1 amide bonds. The number of amides is 1. The van der Waals surface area contributed by atoms with Crippen LogP contribution in [0.2, 0.25) is 0 Å². The second-order valence-corrected chi connectivity index (χ2v) is 6.22. The number of nitrogen functional groups attached to an aromatic ring is 1. The highest BCUT2D eigenvalue weighted by Crippen LogP contribution is 2.18. The van der Waals surface area contributed by atoms with Gasteiger partial charge < -0.3 is 16.0 Å². The third kappa shape index (κ3) is 3.08. The van der Waals surface area contributed by atoms with Gasteiger partial charge in [0.05, 0.1) is 0 Å². The molecule has 0 aliphatic rings. The first-order valence-corrected chi connectivity index (χ1v) is 7.71. The minimum absolute atomic E-state index is 0.0890. The largest absolute Gasteiger partial charge is 0.399 e. The summed E-state index contributed by atoms with van der Waals surface area (Å²) >= 11 is 1.71. The van der Waals surface area contributed by atoms with Gasteiger partial charge in [0.25, 0.3) is 5.91 Å². The van der Waals surface area contributed by atoms with Crippen LogP contribution in [0.1, 0.15) is 22.3 Å². The molecule has 0 aliphatic carbocycles. The zero-order chi connectivity index (χ0) is 14.8. The number of rotatable bonds is 4. The molecule has 21 heavy (non-hydrogen) atoms. The van der Waals surface area contributed by atoms with E-state index < -0.39 is 0 Å². The van der Waals surface area contributed by atoms with E-state index in [1.807, 2.05) is 42.6 Å². The lowest BCUT2D eigenvalue weighted by Gasteiger charge is -2.11. The van der Waals surface area contributed by atoms with Gasteiger partial charge in [-0.05, 0) is 42.6 Å². The smallest absolute Gasteiger partial charge is 0.267 e. The summed E-state index contributed by atoms with van der Waals surface area (Å²) in [6, 6.07) is 11.6. The van der Waals surface area contributed by atoms with Crippen molar-refractivity contribution in [3.63, 3.8) is 0 Å². The van der Waals surface area contributed by atoms with Crippen LogP contribution in [0.15, 0.2) is 41.8 Å². The van der Waals surface area contributed by atoms with Crippen molar-refractivity contribution in [1.29, 1.82) is 0 Å². The lowest BCUT2D eigenvalue weighted by atomic mass is 10.2. The highest BCUT2D eigenvalue weighted by molar-refractivity contribution is 7.09. The number of carbonyl (C=O) groups is 1. The number of hydrogen-bond donors (Lipinski definition) is 3. The van der Waals surface area contributed by atoms with Gasteiger partial charge in [-0.1, -0.05) is 6.07 Å². The van der Waals surface area contributed by atoms with Crippen LogP contribution < -0.4 is 11.1 Å². The molecular weight excluding hydrogens is 282 g/mol. The molecule has 0 aliphatic heterocycles. The molecule has 1 aromatic carbocycles. The molecule has 5 heteroatoms. The predicted molar refractivity (Wildman–Crippen MR) is 87.7 cm³/mol. The van der Waals surface area contributed by atoms with E-state index in [9.17, 15) is 4.79 Å². The third-order valence-corrected chi connectivity index (χ3v) is 4.25. The van der Waals surface area contributed by atoms with Crippen LogP contribution in [0, 0.1) is 0 Å². The fraction of sp³-hybridized carbons (Fsp3) is 0.188. The van der Waals surface area contributed by atoms with Crippen LogP contribution in [0.25, 0.3) is 10.9 Å². The first kappa shape index (κ1) is 13.7. The number of aromatic amines is 1. The molecule has 4 N–H and O–H groups in total. The van der Waals surface area contributed by atoms with E-state index in [0.717, 1.165) is 17.3 Å². The van der Waals surface area contributed by atoms with Gasteiger partial charge in [-0.15, -0.1) is 11.3 Å². The zero-order valence-corrected chi connectivity index (χ0v) is 12.5. The second kappa shape index (κ2) is 5.61. The molecule has 108 valence electrons. The van der Waals surface area contributed by atoms with Crippen molar-refractivity contribution in [2.75, 3.05) is 5.73 Å². The molecule has 2 heterocycles. The Hall–Kier alpha value is -2.27. The number of aromatic nitrogens is 1. The topological polar surface area (TPSA) is 70.9 Å². The van der Waals surface area contributed by atoms with E-state index in [1.165, 1.54) is 4.88 Å². The van der Waals surface area contributed by atoms with Gasteiger partial charge in [0.15, 0.2) is 0 Å². The maximum atomic E-state index is 12.3. The van der Waals surface area contributed by atoms with Gasteiger partial charge >= 0.3 is 0 Å². The fourth-order valence-electron chi connectivity index (χ4n) is 2.36. The molecule has 4 nitrogen and oxygen atoms in total. The summed E-state index contributed by atoms with van der Waals surface area (Å²) < 4.78 is 0. The summed E-state index contributed by atoms with van der Waals surface area (Å²) in [6.45, 7) is 2.01. The van der Waals surface area contributed by atoms with Crippen LogP contribution in [0.4, 0.5) is 5.69 Å². The van der Waals surface area contributed by atoms with Crippen molar-refractivity contribution in [3.8, 4) is 0 Å². The molecule has 0 fully saturated rings. The Morgan fingerprint density at radius 1 is 1.38 bits per heavy atom. The molecule has 0 saturated carbocycles. The van der Waals surface area contributed by atoms with E-state index in [4.69, 9.17) is 5.73 Å². The van der Waals surface area contributed by atoms with Gasteiger partial charge in [-0.25, -0.2) is 0 Å². The summed E-state index contributed by atoms with van der Waals surface area (Å²) in [5, 5.41) is 6.01. The number of nitrogens with one attached hydrogen (secondary N) is 2. The van der Waals surface area contributed by atoms with E-state index in [0.29, 0.717) is 11.4 Å². The van der Waals surface area contributed by atoms with Gasteiger partial charge in [0.1, 0.15) is 5.69 Å². The summed E-state index contributed by atoms with van der Waals surface area (Å²) in [7, 11) is 0. The Balaban J connectivity index is 1.71. The number of hydrogen-bond acceptors (Lipinski definition) is 3. The van der Waals surface area contributed by atoms with Crippen LogP contribution in [0.3, 0.4) is 0 Å². The lowest BCUT2D eigenvalue weighted by molar-refractivity contribution is 0.0936. The standard InChI is InChI=1S/C16H17N3OS/c1-10(7-13-3-2-6-21-13)18-16(20)15-9-11-8-12(17)4-5-14(11)19-15/h2-6,8-10,19H,7,17H2,1H3,(H,18,20). The third-order valence-electron chi connectivity index (χ3n) is 3.35. The molecule has 0 spiro atoms. The van der Waals surface area contributed by atoms with E-state index in [2.05, 4.69) is 16.4 Å². The lowest BCUT2D eigenvalue weighted by Crippen LogP contribution is -2.34. The van der Waals surface area contributed by atoms with Crippen molar-refractivity contribution < 1.29 is 4.79 Å². The monoisotopic (exact) mass is 299 g/mol.